The van der Waals surface area contributed by atoms with E-state index in [0.29, 0.717) is 32.2 Å². The van der Waals surface area contributed by atoms with Gasteiger partial charge in [-0.3, -0.25) is 20.3 Å². The van der Waals surface area contributed by atoms with Gasteiger partial charge in [0.1, 0.15) is 36.9 Å². The number of amides is 1. The smallest absolute Gasteiger partial charge is 0.223 e. The lowest BCUT2D eigenvalue weighted by Crippen LogP contribution is -2.63. The lowest BCUT2D eigenvalue weighted by atomic mass is 9.65. The van der Waals surface area contributed by atoms with Gasteiger partial charge < -0.3 is 40.5 Å². The number of nitrogens with zero attached hydrogens (tertiary/aromatic N) is 2. The number of carbonyl (C=O) groups excluding carboxylic acids is 1. The zero-order valence-electron chi connectivity index (χ0n) is 27.9. The number of likely N-dealkylation sites (tertiary alicyclic amines) is 2. The molecule has 12 nitrogen and oxygen atoms in total. The van der Waals surface area contributed by atoms with Gasteiger partial charge in [-0.25, -0.2) is 8.78 Å². The van der Waals surface area contributed by atoms with E-state index in [-0.39, 0.29) is 49.3 Å². The Labute approximate surface area is 287 Å². The van der Waals surface area contributed by atoms with Crippen molar-refractivity contribution in [2.24, 2.45) is 29.6 Å². The van der Waals surface area contributed by atoms with Crippen LogP contribution in [0.1, 0.15) is 51.4 Å². The third-order valence-electron chi connectivity index (χ3n) is 11.6. The zero-order valence-corrected chi connectivity index (χ0v) is 28.6. The first kappa shape index (κ1) is 38.5. The molecule has 5 aliphatic rings. The largest absolute Gasteiger partial charge is 0.394 e. The van der Waals surface area contributed by atoms with Gasteiger partial charge in [-0.05, 0) is 49.9 Å². The molecule has 0 radical (unpaired) electrons. The molecule has 0 bridgehead atoms. The molecule has 0 aromatic rings. The maximum Gasteiger partial charge on any atom is 0.223 e. The first-order valence-corrected chi connectivity index (χ1v) is 18.5. The minimum Gasteiger partial charge on any atom is -0.394 e. The molecule has 3 aliphatic heterocycles. The molecule has 278 valence electrons. The van der Waals surface area contributed by atoms with Gasteiger partial charge in [-0.1, -0.05) is 0 Å². The summed E-state index contributed by atoms with van der Waals surface area (Å²) < 4.78 is 36.1. The molecule has 3 saturated heterocycles. The Balaban J connectivity index is 0.895. The van der Waals surface area contributed by atoms with Crippen LogP contribution in [0.15, 0.2) is 0 Å². The molecule has 8 N–H and O–H groups in total. The van der Waals surface area contributed by atoms with E-state index < -0.39 is 55.4 Å². The second kappa shape index (κ2) is 18.1. The topological polar surface area (TPSA) is 170 Å². The van der Waals surface area contributed by atoms with Crippen molar-refractivity contribution in [3.63, 3.8) is 0 Å². The second-order valence-electron chi connectivity index (χ2n) is 15.1. The summed E-state index contributed by atoms with van der Waals surface area (Å²) in [6, 6.07) is 0. The fraction of sp³-hybridized carbons (Fsp3) is 0.970. The summed E-state index contributed by atoms with van der Waals surface area (Å²) in [4.78, 5) is 16.8. The van der Waals surface area contributed by atoms with Crippen LogP contribution in [0.3, 0.4) is 0 Å². The lowest BCUT2D eigenvalue weighted by molar-refractivity contribution is -0.141. The van der Waals surface area contributed by atoms with E-state index in [4.69, 9.17) is 21.4 Å². The maximum absolute atomic E-state index is 15.1. The fourth-order valence-electron chi connectivity index (χ4n) is 8.26. The molecule has 0 spiro atoms. The van der Waals surface area contributed by atoms with E-state index in [1.165, 1.54) is 25.7 Å². The molecule has 6 atom stereocenters. The third-order valence-corrected chi connectivity index (χ3v) is 11.9. The average Bonchev–Trinajstić information content (AvgIpc) is 3.04. The Kier molecular flexibility index (Phi) is 14.5. The summed E-state index contributed by atoms with van der Waals surface area (Å²) in [7, 11) is 0. The summed E-state index contributed by atoms with van der Waals surface area (Å²) in [5.41, 5.74) is 0. The number of rotatable bonds is 16. The molecule has 1 amide bonds. The Bertz CT molecular complexity index is 974. The molecule has 2 aliphatic carbocycles. The van der Waals surface area contributed by atoms with Crippen LogP contribution in [0, 0.1) is 29.6 Å². The van der Waals surface area contributed by atoms with E-state index in [9.17, 15) is 25.2 Å². The molecular formula is C33H58ClF2N5O7. The van der Waals surface area contributed by atoms with E-state index >= 15 is 8.78 Å². The van der Waals surface area contributed by atoms with E-state index in [2.05, 4.69) is 20.9 Å². The number of hydrogen-bond donors (Lipinski definition) is 8. The molecule has 0 aromatic carbocycles. The predicted octanol–water partition coefficient (Wildman–Crippen LogP) is -0.456. The highest BCUT2D eigenvalue weighted by molar-refractivity contribution is 6.21. The molecule has 3 heterocycles. The van der Waals surface area contributed by atoms with Crippen molar-refractivity contribution in [3.05, 3.63) is 0 Å². The fourth-order valence-corrected chi connectivity index (χ4v) is 8.44. The number of nitrogens with one attached hydrogen (secondary N) is 3. The van der Waals surface area contributed by atoms with Gasteiger partial charge >= 0.3 is 0 Å². The van der Waals surface area contributed by atoms with E-state index in [1.807, 2.05) is 0 Å². The van der Waals surface area contributed by atoms with E-state index in [0.717, 1.165) is 44.4 Å². The standard InChI is InChI=1S/C33H58ClF2N5O7/c34-23-13-38-33(39-14-23)40-4-1-21(2-5-40)22-7-19(8-22)3-6-48-24-9-26(35)25(27(36)10-24)11-30(45)41-16-20(17-41)12-37-15-28(43)31(46)32(47)29(44)18-42/h19-29,31-33,37-39,42-44,46-47H,1-18H2/t19?,22?,23?,24?,25?,26?,27?,28-,29+,31+,32+,33?/m0/s1. The van der Waals surface area contributed by atoms with Gasteiger partial charge in [0.05, 0.1) is 24.2 Å². The number of piperidine rings is 1. The molecule has 0 aromatic heterocycles. The van der Waals surface area contributed by atoms with Gasteiger partial charge in [-0.15, -0.1) is 11.6 Å². The lowest BCUT2D eigenvalue weighted by Gasteiger charge is -2.46. The minimum atomic E-state index is -1.69. The van der Waals surface area contributed by atoms with E-state index in [1.54, 1.807) is 4.90 Å². The normalized spacial score (nSPS) is 36.5. The van der Waals surface area contributed by atoms with Crippen LogP contribution >= 0.6 is 11.6 Å². The molecule has 2 unspecified atom stereocenters. The molecule has 5 rings (SSSR count). The summed E-state index contributed by atoms with van der Waals surface area (Å²) >= 11 is 6.17. The number of carbonyl (C=O) groups is 1. The Morgan fingerprint density at radius 3 is 2.17 bits per heavy atom. The highest BCUT2D eigenvalue weighted by Crippen LogP contribution is 2.44. The first-order chi connectivity index (χ1) is 23.0. The van der Waals surface area contributed by atoms with Crippen LogP contribution in [0.25, 0.3) is 0 Å². The molecule has 2 saturated carbocycles. The number of alkyl halides is 3. The molecule has 5 fully saturated rings. The highest BCUT2D eigenvalue weighted by atomic mass is 35.5. The predicted molar refractivity (Wildman–Crippen MR) is 175 cm³/mol. The molecular weight excluding hydrogens is 652 g/mol. The van der Waals surface area contributed by atoms with Gasteiger partial charge in [0.15, 0.2) is 0 Å². The van der Waals surface area contributed by atoms with Crippen molar-refractivity contribution in [1.29, 1.82) is 0 Å². The summed E-state index contributed by atoms with van der Waals surface area (Å²) in [6.45, 7) is 4.86. The van der Waals surface area contributed by atoms with Crippen molar-refractivity contribution in [1.82, 2.24) is 25.8 Å². The van der Waals surface area contributed by atoms with Crippen molar-refractivity contribution >= 4 is 17.5 Å². The second-order valence-corrected chi connectivity index (χ2v) is 15.7. The van der Waals surface area contributed by atoms with Crippen LogP contribution < -0.4 is 16.0 Å². The van der Waals surface area contributed by atoms with Crippen molar-refractivity contribution in [2.45, 2.75) is 106 Å². The highest BCUT2D eigenvalue weighted by Gasteiger charge is 2.43. The number of hydrogen-bond acceptors (Lipinski definition) is 11. The van der Waals surface area contributed by atoms with Crippen LogP contribution in [0.2, 0.25) is 0 Å². The summed E-state index contributed by atoms with van der Waals surface area (Å²) in [6.07, 6.45) is -3.48. The summed E-state index contributed by atoms with van der Waals surface area (Å²) in [5.74, 6) is 1.01. The first-order valence-electron chi connectivity index (χ1n) is 18.1. The van der Waals surface area contributed by atoms with Gasteiger partial charge in [0, 0.05) is 90.1 Å². The summed E-state index contributed by atoms with van der Waals surface area (Å²) in [5, 5.41) is 57.9. The number of aliphatic hydroxyl groups excluding tert-OH is 5. The van der Waals surface area contributed by atoms with Crippen LogP contribution in [-0.4, -0.2) is 161 Å². The number of ether oxygens (including phenoxy) is 1. The van der Waals surface area contributed by atoms with Crippen LogP contribution in [0.4, 0.5) is 8.78 Å². The maximum atomic E-state index is 15.1. The third kappa shape index (κ3) is 10.2. The Morgan fingerprint density at radius 2 is 1.54 bits per heavy atom. The molecule has 48 heavy (non-hydrogen) atoms. The number of aliphatic hydroxyl groups is 5. The Hall–Kier alpha value is -0.780. The van der Waals surface area contributed by atoms with Crippen molar-refractivity contribution in [2.75, 3.05) is 65.6 Å². The Morgan fingerprint density at radius 1 is 0.917 bits per heavy atom. The monoisotopic (exact) mass is 709 g/mol. The zero-order chi connectivity index (χ0) is 34.4. The quantitative estimate of drug-likeness (QED) is 0.0977. The van der Waals surface area contributed by atoms with Crippen molar-refractivity contribution in [3.8, 4) is 0 Å². The SMILES string of the molecule is O=C(CC1C(F)CC(OCCC2CC(C3CCN(C4NCC(Cl)CN4)CC3)C2)CC1F)N1CC(CNC[C@H](O)[C@@H](O)[C@H](O)[C@H](O)CO)C1. The van der Waals surface area contributed by atoms with Crippen molar-refractivity contribution < 1.29 is 43.8 Å². The molecule has 15 heteroatoms. The number of halogens is 3. The van der Waals surface area contributed by atoms with Gasteiger partial charge in [0.25, 0.3) is 0 Å². The van der Waals surface area contributed by atoms with Gasteiger partial charge in [-0.2, -0.15) is 0 Å². The van der Waals surface area contributed by atoms with Gasteiger partial charge in [0.2, 0.25) is 5.91 Å². The van der Waals surface area contributed by atoms with Crippen LogP contribution in [0.5, 0.6) is 0 Å². The minimum absolute atomic E-state index is 0.0623. The van der Waals surface area contributed by atoms with Crippen LogP contribution in [-0.2, 0) is 9.53 Å². The average molecular weight is 710 g/mol.